The van der Waals surface area contributed by atoms with Gasteiger partial charge in [0.1, 0.15) is 6.61 Å². The van der Waals surface area contributed by atoms with Crippen LogP contribution in [0.25, 0.3) is 0 Å². The molecule has 1 aromatic rings. The van der Waals surface area contributed by atoms with E-state index in [1.165, 1.54) is 0 Å². The average Bonchev–Trinajstić information content (AvgIpc) is 2.07. The summed E-state index contributed by atoms with van der Waals surface area (Å²) < 4.78 is 13.9. The molecule has 0 aliphatic rings. The third kappa shape index (κ3) is 3.23. The normalized spacial score (nSPS) is 10.2. The Morgan fingerprint density at radius 2 is 2.00 bits per heavy atom. The highest BCUT2D eigenvalue weighted by Crippen LogP contribution is 2.03. The Hall–Kier alpha value is -0.760. The quantitative estimate of drug-likeness (QED) is 0.301. The minimum Gasteiger partial charge on any atom is -0.238 e. The summed E-state index contributed by atoms with van der Waals surface area (Å²) in [7, 11) is -0.457. The van der Waals surface area contributed by atoms with Crippen LogP contribution in [0.5, 0.6) is 0 Å². The fourth-order valence-corrected chi connectivity index (χ4v) is 0.786. The highest BCUT2D eigenvalue weighted by molar-refractivity contribution is 7.17. The molecule has 0 heterocycles. The summed E-state index contributed by atoms with van der Waals surface area (Å²) in [5, 5.41) is 0. The fraction of sp³-hybridized carbons (Fsp3) is 0.143. The van der Waals surface area contributed by atoms with E-state index < -0.39 is 8.69 Å². The second-order valence-corrected chi connectivity index (χ2v) is 2.20. The van der Waals surface area contributed by atoms with Crippen molar-refractivity contribution in [3.05, 3.63) is 35.9 Å². The van der Waals surface area contributed by atoms with E-state index in [1.807, 2.05) is 30.3 Å². The summed E-state index contributed by atoms with van der Waals surface area (Å²) in [4.78, 5) is 4.54. The third-order valence-electron chi connectivity index (χ3n) is 1.15. The molecule has 0 radical (unpaired) electrons. The van der Waals surface area contributed by atoms with Crippen LogP contribution in [0.1, 0.15) is 5.56 Å². The molecule has 0 aromatic heterocycles. The van der Waals surface area contributed by atoms with Crippen molar-refractivity contribution in [3.8, 4) is 0 Å². The summed E-state index contributed by atoms with van der Waals surface area (Å²) in [5.74, 6) is 0. The Morgan fingerprint density at radius 3 is 2.64 bits per heavy atom. The summed E-state index contributed by atoms with van der Waals surface area (Å²) in [5.41, 5.74) is 0.983. The van der Waals surface area contributed by atoms with Gasteiger partial charge in [-0.25, -0.2) is 9.45 Å². The predicted octanol–water partition coefficient (Wildman–Crippen LogP) is 2.34. The van der Waals surface area contributed by atoms with Crippen molar-refractivity contribution < 1.29 is 14.1 Å². The van der Waals surface area contributed by atoms with Crippen LogP contribution >= 0.6 is 8.69 Å². The first-order chi connectivity index (χ1) is 5.43. The second kappa shape index (κ2) is 4.97. The number of rotatable bonds is 4. The first kappa shape index (κ1) is 8.34. The molecule has 1 aromatic carbocycles. The molecule has 0 saturated heterocycles. The molecule has 0 bridgehead atoms. The smallest absolute Gasteiger partial charge is 0.238 e. The molecule has 58 valence electrons. The van der Waals surface area contributed by atoms with Gasteiger partial charge in [-0.15, -0.1) is 4.67 Å². The van der Waals surface area contributed by atoms with Gasteiger partial charge in [-0.2, -0.15) is 0 Å². The van der Waals surface area contributed by atoms with E-state index in [4.69, 9.17) is 0 Å². The van der Waals surface area contributed by atoms with Crippen molar-refractivity contribution in [1.82, 2.24) is 0 Å². The molecular formula is C7H7O3P. The van der Waals surface area contributed by atoms with Crippen molar-refractivity contribution in [3.63, 3.8) is 0 Å². The molecule has 11 heavy (non-hydrogen) atoms. The first-order valence-electron chi connectivity index (χ1n) is 3.08. The summed E-state index contributed by atoms with van der Waals surface area (Å²) in [6, 6.07) is 9.49. The lowest BCUT2D eigenvalue weighted by Gasteiger charge is -1.96. The lowest BCUT2D eigenvalue weighted by molar-refractivity contribution is -0.208. The molecule has 0 aliphatic carbocycles. The van der Waals surface area contributed by atoms with Crippen LogP contribution < -0.4 is 0 Å². The maximum absolute atomic E-state index is 9.75. The van der Waals surface area contributed by atoms with Crippen molar-refractivity contribution in [2.75, 3.05) is 0 Å². The Labute approximate surface area is 66.2 Å². The lowest BCUT2D eigenvalue weighted by Crippen LogP contribution is -1.86. The van der Waals surface area contributed by atoms with Crippen molar-refractivity contribution in [1.29, 1.82) is 0 Å². The van der Waals surface area contributed by atoms with Gasteiger partial charge >= 0.3 is 8.69 Å². The minimum absolute atomic E-state index is 0.316. The van der Waals surface area contributed by atoms with Gasteiger partial charge in [-0.3, -0.25) is 0 Å². The zero-order chi connectivity index (χ0) is 7.94. The van der Waals surface area contributed by atoms with Gasteiger partial charge in [0.25, 0.3) is 0 Å². The fourth-order valence-electron chi connectivity index (χ4n) is 0.690. The zero-order valence-electron chi connectivity index (χ0n) is 5.77. The standard InChI is InChI=1S/C7H7O3P/c8-11-10-9-6-7-4-2-1-3-5-7/h1-5H,6H2. The number of hydrogen-bond donors (Lipinski definition) is 0. The molecule has 0 fully saturated rings. The van der Waals surface area contributed by atoms with E-state index >= 15 is 0 Å². The Balaban J connectivity index is 2.33. The van der Waals surface area contributed by atoms with Gasteiger partial charge in [0.2, 0.25) is 0 Å². The molecule has 4 heteroatoms. The second-order valence-electron chi connectivity index (χ2n) is 1.90. The van der Waals surface area contributed by atoms with Crippen LogP contribution in [0.2, 0.25) is 0 Å². The maximum atomic E-state index is 9.75. The van der Waals surface area contributed by atoms with Crippen molar-refractivity contribution in [2.24, 2.45) is 0 Å². The molecule has 0 atom stereocenters. The maximum Gasteiger partial charge on any atom is 0.358 e. The van der Waals surface area contributed by atoms with Crippen LogP contribution in [-0.4, -0.2) is 0 Å². The molecule has 0 unspecified atom stereocenters. The van der Waals surface area contributed by atoms with E-state index in [2.05, 4.69) is 9.56 Å². The van der Waals surface area contributed by atoms with E-state index in [0.29, 0.717) is 6.61 Å². The van der Waals surface area contributed by atoms with E-state index in [-0.39, 0.29) is 0 Å². The molecule has 3 nitrogen and oxygen atoms in total. The minimum atomic E-state index is -0.457. The molecular weight excluding hydrogens is 163 g/mol. The van der Waals surface area contributed by atoms with E-state index in [1.54, 1.807) is 0 Å². The zero-order valence-corrected chi connectivity index (χ0v) is 6.66. The monoisotopic (exact) mass is 170 g/mol. The summed E-state index contributed by atoms with van der Waals surface area (Å²) in [6.45, 7) is 0.316. The molecule has 0 amide bonds. The third-order valence-corrected chi connectivity index (χ3v) is 1.32. The predicted molar refractivity (Wildman–Crippen MR) is 39.9 cm³/mol. The summed E-state index contributed by atoms with van der Waals surface area (Å²) >= 11 is 0. The van der Waals surface area contributed by atoms with Crippen molar-refractivity contribution in [2.45, 2.75) is 6.61 Å². The van der Waals surface area contributed by atoms with Gasteiger partial charge in [0, 0.05) is 0 Å². The van der Waals surface area contributed by atoms with Gasteiger partial charge in [0.15, 0.2) is 0 Å². The van der Waals surface area contributed by atoms with Gasteiger partial charge in [0.05, 0.1) is 0 Å². The van der Waals surface area contributed by atoms with Crippen LogP contribution in [0.4, 0.5) is 0 Å². The van der Waals surface area contributed by atoms with E-state index in [9.17, 15) is 4.57 Å². The molecule has 0 saturated carbocycles. The van der Waals surface area contributed by atoms with Crippen LogP contribution in [0, 0.1) is 0 Å². The van der Waals surface area contributed by atoms with Crippen molar-refractivity contribution >= 4 is 8.69 Å². The van der Waals surface area contributed by atoms with Gasteiger partial charge in [-0.05, 0) is 5.56 Å². The first-order valence-corrected chi connectivity index (χ1v) is 3.82. The highest BCUT2D eigenvalue weighted by Gasteiger charge is 1.90. The SMILES string of the molecule is O=POOCc1ccccc1. The highest BCUT2D eigenvalue weighted by atomic mass is 31.1. The van der Waals surface area contributed by atoms with Crippen LogP contribution in [0.15, 0.2) is 30.3 Å². The largest absolute Gasteiger partial charge is 0.358 e. The molecule has 0 N–H and O–H groups in total. The number of hydrogen-bond acceptors (Lipinski definition) is 3. The van der Waals surface area contributed by atoms with Gasteiger partial charge in [-0.1, -0.05) is 30.3 Å². The average molecular weight is 170 g/mol. The van der Waals surface area contributed by atoms with Crippen LogP contribution in [-0.2, 0) is 20.7 Å². The Kier molecular flexibility index (Phi) is 3.76. The topological polar surface area (TPSA) is 35.5 Å². The lowest BCUT2D eigenvalue weighted by atomic mass is 10.2. The summed E-state index contributed by atoms with van der Waals surface area (Å²) in [6.07, 6.45) is 0. The Bertz CT molecular complexity index is 212. The molecule has 1 rings (SSSR count). The van der Waals surface area contributed by atoms with Crippen LogP contribution in [0.3, 0.4) is 0 Å². The molecule has 0 aliphatic heterocycles. The molecule has 0 spiro atoms. The van der Waals surface area contributed by atoms with E-state index in [0.717, 1.165) is 5.56 Å². The number of benzene rings is 1. The Morgan fingerprint density at radius 1 is 1.27 bits per heavy atom. The van der Waals surface area contributed by atoms with Gasteiger partial charge < -0.3 is 0 Å².